The van der Waals surface area contributed by atoms with E-state index in [4.69, 9.17) is 9.47 Å². The Balaban J connectivity index is 1.28. The largest absolute Gasteiger partial charge is 0.496 e. The number of nitrogens with one attached hydrogen (secondary N) is 4. The lowest BCUT2D eigenvalue weighted by molar-refractivity contribution is 0.410. The Hall–Kier alpha value is -4.20. The third-order valence-electron chi connectivity index (χ3n) is 5.64. The van der Waals surface area contributed by atoms with Crippen LogP contribution >= 0.6 is 0 Å². The number of rotatable bonds is 8. The second-order valence-electron chi connectivity index (χ2n) is 7.86. The van der Waals surface area contributed by atoms with E-state index in [1.54, 1.807) is 20.4 Å². The summed E-state index contributed by atoms with van der Waals surface area (Å²) in [6.45, 7) is 2.73. The van der Waals surface area contributed by atoms with Crippen molar-refractivity contribution in [1.29, 1.82) is 0 Å². The second-order valence-corrected chi connectivity index (χ2v) is 7.86. The quantitative estimate of drug-likeness (QED) is 0.265. The minimum atomic E-state index is 0.572. The van der Waals surface area contributed by atoms with E-state index in [-0.39, 0.29) is 0 Å². The molecule has 8 heteroatoms. The van der Waals surface area contributed by atoms with Crippen molar-refractivity contribution >= 4 is 39.3 Å². The monoisotopic (exact) mass is 442 g/mol. The van der Waals surface area contributed by atoms with Crippen molar-refractivity contribution in [3.05, 3.63) is 66.1 Å². The lowest BCUT2D eigenvalue weighted by atomic mass is 10.1. The molecule has 0 aliphatic rings. The molecule has 0 unspecified atom stereocenters. The molecule has 0 fully saturated rings. The van der Waals surface area contributed by atoms with Crippen LogP contribution in [0.5, 0.6) is 11.5 Å². The first-order valence-corrected chi connectivity index (χ1v) is 10.8. The van der Waals surface area contributed by atoms with E-state index in [1.807, 2.05) is 30.5 Å². The van der Waals surface area contributed by atoms with Crippen molar-refractivity contribution in [2.75, 3.05) is 31.4 Å². The standard InChI is InChI=1S/C25H26N6O2/c1-15-12-17-13-18(4-5-19(17)29-15)30-22-9-11-27-25(31-22)26-10-8-16-14-28-24-21(33-3)7-6-20(32-2)23(16)24/h4-7,9,11-14,28-29H,8,10H2,1-3H3,(H2,26,27,30,31). The number of H-pyrrole nitrogens is 2. The van der Waals surface area contributed by atoms with Crippen molar-refractivity contribution in [2.45, 2.75) is 13.3 Å². The Morgan fingerprint density at radius 2 is 1.85 bits per heavy atom. The summed E-state index contributed by atoms with van der Waals surface area (Å²) in [6.07, 6.45) is 4.51. The summed E-state index contributed by atoms with van der Waals surface area (Å²) in [4.78, 5) is 15.6. The van der Waals surface area contributed by atoms with Gasteiger partial charge >= 0.3 is 0 Å². The van der Waals surface area contributed by atoms with Gasteiger partial charge in [-0.3, -0.25) is 0 Å². The molecule has 0 saturated heterocycles. The number of aromatic nitrogens is 4. The molecule has 3 aromatic heterocycles. The molecule has 0 spiro atoms. The number of methoxy groups -OCH3 is 2. The van der Waals surface area contributed by atoms with Crippen molar-refractivity contribution in [1.82, 2.24) is 19.9 Å². The molecule has 0 bridgehead atoms. The summed E-state index contributed by atoms with van der Waals surface area (Å²) in [5.41, 5.74) is 5.31. The molecule has 0 aliphatic carbocycles. The van der Waals surface area contributed by atoms with Gasteiger partial charge in [0.15, 0.2) is 0 Å². The fourth-order valence-electron chi connectivity index (χ4n) is 4.12. The van der Waals surface area contributed by atoms with E-state index in [9.17, 15) is 0 Å². The molecule has 2 aromatic carbocycles. The van der Waals surface area contributed by atoms with Crippen LogP contribution in [0, 0.1) is 6.92 Å². The van der Waals surface area contributed by atoms with Gasteiger partial charge in [0.1, 0.15) is 17.3 Å². The van der Waals surface area contributed by atoms with Gasteiger partial charge < -0.3 is 30.1 Å². The highest BCUT2D eigenvalue weighted by molar-refractivity contribution is 5.93. The molecule has 0 aliphatic heterocycles. The predicted molar refractivity (Wildman–Crippen MR) is 132 cm³/mol. The van der Waals surface area contributed by atoms with Crippen LogP contribution in [0.3, 0.4) is 0 Å². The van der Waals surface area contributed by atoms with Gasteiger partial charge in [-0.05, 0) is 61.4 Å². The molecule has 0 amide bonds. The minimum absolute atomic E-state index is 0.572. The first-order valence-electron chi connectivity index (χ1n) is 10.8. The topological polar surface area (TPSA) is 99.9 Å². The smallest absolute Gasteiger partial charge is 0.224 e. The zero-order valence-corrected chi connectivity index (χ0v) is 18.8. The Bertz CT molecular complexity index is 1420. The van der Waals surface area contributed by atoms with Crippen LogP contribution in [-0.2, 0) is 6.42 Å². The summed E-state index contributed by atoms with van der Waals surface area (Å²) in [6, 6.07) is 14.0. The summed E-state index contributed by atoms with van der Waals surface area (Å²) >= 11 is 0. The van der Waals surface area contributed by atoms with Crippen LogP contribution in [0.25, 0.3) is 21.8 Å². The lowest BCUT2D eigenvalue weighted by Crippen LogP contribution is -2.08. The highest BCUT2D eigenvalue weighted by Gasteiger charge is 2.13. The summed E-state index contributed by atoms with van der Waals surface area (Å²) in [5.74, 6) is 2.92. The Morgan fingerprint density at radius 1 is 1.00 bits per heavy atom. The van der Waals surface area contributed by atoms with Crippen LogP contribution in [0.1, 0.15) is 11.3 Å². The number of hydrogen-bond donors (Lipinski definition) is 4. The van der Waals surface area contributed by atoms with Gasteiger partial charge in [-0.15, -0.1) is 0 Å². The number of fused-ring (bicyclic) bond motifs is 2. The maximum Gasteiger partial charge on any atom is 0.224 e. The van der Waals surface area contributed by atoms with Gasteiger partial charge in [0, 0.05) is 46.6 Å². The van der Waals surface area contributed by atoms with Gasteiger partial charge in [0.05, 0.1) is 19.7 Å². The lowest BCUT2D eigenvalue weighted by Gasteiger charge is -2.10. The zero-order chi connectivity index (χ0) is 22.8. The van der Waals surface area contributed by atoms with Gasteiger partial charge in [-0.1, -0.05) is 0 Å². The fourth-order valence-corrected chi connectivity index (χ4v) is 4.12. The van der Waals surface area contributed by atoms with Gasteiger partial charge in [-0.2, -0.15) is 4.98 Å². The van der Waals surface area contributed by atoms with Crippen LogP contribution in [0.15, 0.2) is 54.9 Å². The van der Waals surface area contributed by atoms with Gasteiger partial charge in [0.25, 0.3) is 0 Å². The first kappa shape index (κ1) is 20.7. The number of hydrogen-bond acceptors (Lipinski definition) is 6. The number of nitrogens with zero attached hydrogens (tertiary/aromatic N) is 2. The first-order chi connectivity index (χ1) is 16.1. The third kappa shape index (κ3) is 4.15. The molecule has 0 radical (unpaired) electrons. The van der Waals surface area contributed by atoms with Gasteiger partial charge in [0.2, 0.25) is 5.95 Å². The summed E-state index contributed by atoms with van der Waals surface area (Å²) < 4.78 is 11.0. The number of benzene rings is 2. The average molecular weight is 443 g/mol. The number of aromatic amines is 2. The normalized spacial score (nSPS) is 11.1. The molecule has 33 heavy (non-hydrogen) atoms. The van der Waals surface area contributed by atoms with Crippen molar-refractivity contribution in [2.24, 2.45) is 0 Å². The molecule has 0 atom stereocenters. The van der Waals surface area contributed by atoms with Gasteiger partial charge in [-0.25, -0.2) is 4.98 Å². The molecule has 4 N–H and O–H groups in total. The second kappa shape index (κ2) is 8.74. The van der Waals surface area contributed by atoms with E-state index in [0.29, 0.717) is 12.5 Å². The average Bonchev–Trinajstić information content (AvgIpc) is 3.41. The Kier molecular flexibility index (Phi) is 5.48. The molecular weight excluding hydrogens is 416 g/mol. The minimum Gasteiger partial charge on any atom is -0.496 e. The highest BCUT2D eigenvalue weighted by atomic mass is 16.5. The number of ether oxygens (including phenoxy) is 2. The number of anilines is 3. The SMILES string of the molecule is COc1ccc(OC)c2c(CCNc3nccc(Nc4ccc5[nH]c(C)cc5c4)n3)c[nH]c12. The van der Waals surface area contributed by atoms with E-state index >= 15 is 0 Å². The molecule has 168 valence electrons. The molecule has 0 saturated carbocycles. The van der Waals surface area contributed by atoms with Crippen molar-refractivity contribution in [3.63, 3.8) is 0 Å². The Labute approximate surface area is 191 Å². The van der Waals surface area contributed by atoms with Crippen molar-refractivity contribution < 1.29 is 9.47 Å². The zero-order valence-electron chi connectivity index (χ0n) is 18.8. The van der Waals surface area contributed by atoms with E-state index in [2.05, 4.69) is 55.7 Å². The molecule has 3 heterocycles. The van der Waals surface area contributed by atoms with E-state index < -0.39 is 0 Å². The Morgan fingerprint density at radius 3 is 2.70 bits per heavy atom. The maximum atomic E-state index is 5.56. The summed E-state index contributed by atoms with van der Waals surface area (Å²) in [5, 5.41) is 8.88. The maximum absolute atomic E-state index is 5.56. The molecule has 8 nitrogen and oxygen atoms in total. The fraction of sp³-hybridized carbons (Fsp3) is 0.200. The van der Waals surface area contributed by atoms with E-state index in [0.717, 1.165) is 62.5 Å². The third-order valence-corrected chi connectivity index (χ3v) is 5.64. The molecule has 5 rings (SSSR count). The van der Waals surface area contributed by atoms with Crippen LogP contribution in [-0.4, -0.2) is 40.7 Å². The van der Waals surface area contributed by atoms with Crippen LogP contribution in [0.2, 0.25) is 0 Å². The van der Waals surface area contributed by atoms with Crippen molar-refractivity contribution in [3.8, 4) is 11.5 Å². The van der Waals surface area contributed by atoms with E-state index in [1.165, 1.54) is 0 Å². The number of aryl methyl sites for hydroxylation is 1. The molecular formula is C25H26N6O2. The summed E-state index contributed by atoms with van der Waals surface area (Å²) in [7, 11) is 3.34. The van der Waals surface area contributed by atoms with Crippen LogP contribution in [0.4, 0.5) is 17.5 Å². The molecule has 5 aromatic rings. The van der Waals surface area contributed by atoms with Crippen LogP contribution < -0.4 is 20.1 Å². The highest BCUT2D eigenvalue weighted by Crippen LogP contribution is 2.35. The predicted octanol–water partition coefficient (Wildman–Crippen LogP) is 5.16.